The molecular weight excluding hydrogens is 232 g/mol. The topological polar surface area (TPSA) is 29.3 Å². The first kappa shape index (κ1) is 14.5. The number of nitrogens with two attached hydrogens (primary N) is 1. The number of hydrogen-bond acceptors (Lipinski definition) is 2. The number of nitrogens with zero attached hydrogens (tertiary/aromatic N) is 1. The van der Waals surface area contributed by atoms with Gasteiger partial charge in [0.2, 0.25) is 0 Å². The third-order valence-electron chi connectivity index (χ3n) is 4.60. The van der Waals surface area contributed by atoms with Crippen LogP contribution in [0.2, 0.25) is 0 Å². The van der Waals surface area contributed by atoms with E-state index in [1.807, 2.05) is 0 Å². The predicted octanol–water partition coefficient (Wildman–Crippen LogP) is 3.51. The van der Waals surface area contributed by atoms with Gasteiger partial charge in [-0.15, -0.1) is 0 Å². The fraction of sp³-hybridized carbons (Fsp3) is 0.647. The average Bonchev–Trinajstić information content (AvgIpc) is 2.43. The van der Waals surface area contributed by atoms with E-state index in [0.29, 0.717) is 12.1 Å². The van der Waals surface area contributed by atoms with Gasteiger partial charge in [-0.1, -0.05) is 37.6 Å². The Labute approximate surface area is 118 Å². The zero-order chi connectivity index (χ0) is 13.8. The molecule has 0 aromatic heterocycles. The number of benzene rings is 1. The summed E-state index contributed by atoms with van der Waals surface area (Å²) in [4.78, 5) is 2.59. The molecule has 3 atom stereocenters. The van der Waals surface area contributed by atoms with E-state index < -0.39 is 0 Å². The van der Waals surface area contributed by atoms with E-state index in [0.717, 1.165) is 13.0 Å². The summed E-state index contributed by atoms with van der Waals surface area (Å²) in [5.74, 6) is 0. The van der Waals surface area contributed by atoms with Crippen LogP contribution in [0.4, 0.5) is 0 Å². The van der Waals surface area contributed by atoms with E-state index in [1.54, 1.807) is 0 Å². The zero-order valence-corrected chi connectivity index (χ0v) is 12.6. The Morgan fingerprint density at radius 1 is 1.16 bits per heavy atom. The standard InChI is InChI=1S/C17H28N2/c1-4-15-8-10-16(11-9-15)17(18)12-19-13(2)6-5-7-14(19)3/h8-11,13-14,17H,4-7,12,18H2,1-3H3. The van der Waals surface area contributed by atoms with Crippen molar-refractivity contribution in [2.45, 2.75) is 64.6 Å². The van der Waals surface area contributed by atoms with Crippen LogP contribution >= 0.6 is 0 Å². The maximum Gasteiger partial charge on any atom is 0.0424 e. The molecule has 106 valence electrons. The first-order valence-corrected chi connectivity index (χ1v) is 7.72. The number of piperidine rings is 1. The molecule has 0 aliphatic carbocycles. The highest BCUT2D eigenvalue weighted by Crippen LogP contribution is 2.25. The van der Waals surface area contributed by atoms with E-state index in [1.165, 1.54) is 30.4 Å². The first-order chi connectivity index (χ1) is 9.11. The highest BCUT2D eigenvalue weighted by Gasteiger charge is 2.26. The molecule has 2 heteroatoms. The van der Waals surface area contributed by atoms with Crippen molar-refractivity contribution < 1.29 is 0 Å². The van der Waals surface area contributed by atoms with Crippen molar-refractivity contribution in [1.82, 2.24) is 4.90 Å². The minimum atomic E-state index is 0.133. The van der Waals surface area contributed by atoms with Gasteiger partial charge in [-0.25, -0.2) is 0 Å². The lowest BCUT2D eigenvalue weighted by atomic mass is 9.95. The van der Waals surface area contributed by atoms with Gasteiger partial charge < -0.3 is 5.73 Å². The lowest BCUT2D eigenvalue weighted by Crippen LogP contribution is -2.46. The van der Waals surface area contributed by atoms with Crippen LogP contribution in [0.5, 0.6) is 0 Å². The minimum absolute atomic E-state index is 0.133. The maximum atomic E-state index is 6.40. The van der Waals surface area contributed by atoms with Crippen LogP contribution in [0, 0.1) is 0 Å². The monoisotopic (exact) mass is 260 g/mol. The molecule has 3 unspecified atom stereocenters. The van der Waals surface area contributed by atoms with Crippen molar-refractivity contribution in [2.24, 2.45) is 5.73 Å². The molecule has 1 aromatic carbocycles. The van der Waals surface area contributed by atoms with Gasteiger partial charge in [-0.2, -0.15) is 0 Å². The maximum absolute atomic E-state index is 6.40. The van der Waals surface area contributed by atoms with Gasteiger partial charge in [0.1, 0.15) is 0 Å². The van der Waals surface area contributed by atoms with E-state index >= 15 is 0 Å². The third-order valence-corrected chi connectivity index (χ3v) is 4.60. The summed E-state index contributed by atoms with van der Waals surface area (Å²) < 4.78 is 0. The summed E-state index contributed by atoms with van der Waals surface area (Å²) in [7, 11) is 0. The Morgan fingerprint density at radius 3 is 2.26 bits per heavy atom. The second-order valence-electron chi connectivity index (χ2n) is 6.03. The van der Waals surface area contributed by atoms with Crippen molar-refractivity contribution in [3.8, 4) is 0 Å². The molecule has 1 aromatic rings. The first-order valence-electron chi connectivity index (χ1n) is 7.72. The summed E-state index contributed by atoms with van der Waals surface area (Å²) in [6, 6.07) is 10.3. The van der Waals surface area contributed by atoms with Crippen molar-refractivity contribution in [3.63, 3.8) is 0 Å². The van der Waals surface area contributed by atoms with E-state index in [2.05, 4.69) is 49.9 Å². The number of aryl methyl sites for hydroxylation is 1. The Bertz CT molecular complexity index is 375. The molecule has 1 saturated heterocycles. The molecule has 1 aliphatic heterocycles. The van der Waals surface area contributed by atoms with Crippen LogP contribution < -0.4 is 5.73 Å². The van der Waals surface area contributed by atoms with Crippen molar-refractivity contribution in [1.29, 1.82) is 0 Å². The van der Waals surface area contributed by atoms with Gasteiger partial charge in [0, 0.05) is 24.7 Å². The Hall–Kier alpha value is -0.860. The van der Waals surface area contributed by atoms with Crippen LogP contribution in [0.15, 0.2) is 24.3 Å². The largest absolute Gasteiger partial charge is 0.323 e. The normalized spacial score (nSPS) is 26.3. The van der Waals surface area contributed by atoms with Crippen LogP contribution in [0.25, 0.3) is 0 Å². The lowest BCUT2D eigenvalue weighted by molar-refractivity contribution is 0.0961. The van der Waals surface area contributed by atoms with Crippen LogP contribution in [0.3, 0.4) is 0 Å². The molecule has 19 heavy (non-hydrogen) atoms. The van der Waals surface area contributed by atoms with E-state index in [-0.39, 0.29) is 6.04 Å². The van der Waals surface area contributed by atoms with Crippen molar-refractivity contribution >= 4 is 0 Å². The highest BCUT2D eigenvalue weighted by atomic mass is 15.2. The van der Waals surface area contributed by atoms with Crippen LogP contribution in [-0.4, -0.2) is 23.5 Å². The van der Waals surface area contributed by atoms with E-state index in [4.69, 9.17) is 5.73 Å². The zero-order valence-electron chi connectivity index (χ0n) is 12.6. The van der Waals surface area contributed by atoms with Gasteiger partial charge >= 0.3 is 0 Å². The Balaban J connectivity index is 2.00. The minimum Gasteiger partial charge on any atom is -0.323 e. The lowest BCUT2D eigenvalue weighted by Gasteiger charge is -2.40. The SMILES string of the molecule is CCc1ccc(C(N)CN2C(C)CCCC2C)cc1. The van der Waals surface area contributed by atoms with Gasteiger partial charge in [-0.05, 0) is 44.2 Å². The quantitative estimate of drug-likeness (QED) is 0.897. The molecule has 0 amide bonds. The summed E-state index contributed by atoms with van der Waals surface area (Å²) in [5, 5.41) is 0. The summed E-state index contributed by atoms with van der Waals surface area (Å²) >= 11 is 0. The molecule has 0 bridgehead atoms. The fourth-order valence-corrected chi connectivity index (χ4v) is 3.17. The molecule has 2 nitrogen and oxygen atoms in total. The third kappa shape index (κ3) is 3.58. The molecule has 2 N–H and O–H groups in total. The van der Waals surface area contributed by atoms with Crippen LogP contribution in [-0.2, 0) is 6.42 Å². The molecular formula is C17H28N2. The predicted molar refractivity (Wildman–Crippen MR) is 82.2 cm³/mol. The molecule has 1 fully saturated rings. The Kier molecular flexibility index (Phi) is 5.00. The van der Waals surface area contributed by atoms with Gasteiger partial charge in [0.25, 0.3) is 0 Å². The summed E-state index contributed by atoms with van der Waals surface area (Å²) in [6.45, 7) is 7.84. The highest BCUT2D eigenvalue weighted by molar-refractivity contribution is 5.25. The smallest absolute Gasteiger partial charge is 0.0424 e. The van der Waals surface area contributed by atoms with Gasteiger partial charge in [0.05, 0.1) is 0 Å². The molecule has 0 radical (unpaired) electrons. The molecule has 2 rings (SSSR count). The van der Waals surface area contributed by atoms with Gasteiger partial charge in [0.15, 0.2) is 0 Å². The average molecular weight is 260 g/mol. The molecule has 0 saturated carbocycles. The molecule has 1 aliphatic rings. The van der Waals surface area contributed by atoms with Crippen LogP contribution in [0.1, 0.15) is 57.2 Å². The summed E-state index contributed by atoms with van der Waals surface area (Å²) in [6.07, 6.45) is 5.08. The second kappa shape index (κ2) is 6.53. The van der Waals surface area contributed by atoms with Crippen molar-refractivity contribution in [3.05, 3.63) is 35.4 Å². The number of hydrogen-bond donors (Lipinski definition) is 1. The molecule has 0 spiro atoms. The van der Waals surface area contributed by atoms with Crippen molar-refractivity contribution in [2.75, 3.05) is 6.54 Å². The Morgan fingerprint density at radius 2 is 1.74 bits per heavy atom. The second-order valence-corrected chi connectivity index (χ2v) is 6.03. The van der Waals surface area contributed by atoms with E-state index in [9.17, 15) is 0 Å². The number of likely N-dealkylation sites (tertiary alicyclic amines) is 1. The fourth-order valence-electron chi connectivity index (χ4n) is 3.17. The summed E-state index contributed by atoms with van der Waals surface area (Å²) in [5.41, 5.74) is 9.05. The van der Waals surface area contributed by atoms with Gasteiger partial charge in [-0.3, -0.25) is 4.90 Å². The number of rotatable bonds is 4. The molecule has 1 heterocycles.